The topological polar surface area (TPSA) is 71.1 Å². The van der Waals surface area contributed by atoms with E-state index in [0.717, 1.165) is 24.4 Å². The van der Waals surface area contributed by atoms with Crippen LogP contribution in [0.2, 0.25) is 0 Å². The summed E-state index contributed by atoms with van der Waals surface area (Å²) in [5.74, 6) is 1.46. The standard InChI is InChI=1S/C23H31N3O4/c27-21-7-5-18(26(21)13-17-4-6-19-20(12-17)30-16-29-19)22(28)24-14-23(8-9-23)15-25-10-2-1-3-11-25/h4,6,12,18H,1-3,5,7-11,13-16H2,(H,24,28). The van der Waals surface area contributed by atoms with Crippen LogP contribution in [-0.4, -0.2) is 60.6 Å². The fourth-order valence-electron chi connectivity index (χ4n) is 4.99. The zero-order valence-corrected chi connectivity index (χ0v) is 17.5. The molecule has 1 saturated carbocycles. The molecule has 162 valence electrons. The first-order chi connectivity index (χ1) is 14.6. The molecule has 30 heavy (non-hydrogen) atoms. The lowest BCUT2D eigenvalue weighted by atomic mass is 10.0. The number of nitrogens with zero attached hydrogens (tertiary/aromatic N) is 2. The van der Waals surface area contributed by atoms with E-state index in [-0.39, 0.29) is 30.1 Å². The van der Waals surface area contributed by atoms with Gasteiger partial charge < -0.3 is 24.6 Å². The Hall–Kier alpha value is -2.28. The van der Waals surface area contributed by atoms with Crippen molar-refractivity contribution in [1.82, 2.24) is 15.1 Å². The number of benzene rings is 1. The maximum absolute atomic E-state index is 13.0. The van der Waals surface area contributed by atoms with E-state index >= 15 is 0 Å². The van der Waals surface area contributed by atoms with E-state index in [2.05, 4.69) is 10.2 Å². The van der Waals surface area contributed by atoms with Crippen molar-refractivity contribution in [3.8, 4) is 11.5 Å². The Morgan fingerprint density at radius 1 is 1.13 bits per heavy atom. The average molecular weight is 414 g/mol. The maximum Gasteiger partial charge on any atom is 0.242 e. The molecule has 1 unspecified atom stereocenters. The lowest BCUT2D eigenvalue weighted by Gasteiger charge is -2.31. The molecule has 0 bridgehead atoms. The number of rotatable bonds is 7. The van der Waals surface area contributed by atoms with Gasteiger partial charge in [-0.3, -0.25) is 9.59 Å². The van der Waals surface area contributed by atoms with Crippen molar-refractivity contribution in [1.29, 1.82) is 0 Å². The molecule has 0 aromatic heterocycles. The summed E-state index contributed by atoms with van der Waals surface area (Å²) >= 11 is 0. The first-order valence-electron chi connectivity index (χ1n) is 11.3. The van der Waals surface area contributed by atoms with E-state index < -0.39 is 0 Å². The van der Waals surface area contributed by atoms with Crippen molar-refractivity contribution < 1.29 is 19.1 Å². The summed E-state index contributed by atoms with van der Waals surface area (Å²) in [4.78, 5) is 29.8. The average Bonchev–Trinajstić information content (AvgIpc) is 3.19. The van der Waals surface area contributed by atoms with E-state index in [1.807, 2.05) is 18.2 Å². The lowest BCUT2D eigenvalue weighted by molar-refractivity contribution is -0.135. The van der Waals surface area contributed by atoms with Crippen molar-refractivity contribution in [3.63, 3.8) is 0 Å². The van der Waals surface area contributed by atoms with Gasteiger partial charge in [0.15, 0.2) is 11.5 Å². The lowest BCUT2D eigenvalue weighted by Crippen LogP contribution is -2.47. The number of carbonyl (C=O) groups excluding carboxylic acids is 2. The molecule has 2 amide bonds. The van der Waals surface area contributed by atoms with Crippen LogP contribution in [-0.2, 0) is 16.1 Å². The second-order valence-electron chi connectivity index (χ2n) is 9.32. The van der Waals surface area contributed by atoms with Gasteiger partial charge in [0.25, 0.3) is 0 Å². The van der Waals surface area contributed by atoms with Gasteiger partial charge >= 0.3 is 0 Å². The highest BCUT2D eigenvalue weighted by Crippen LogP contribution is 2.46. The molecule has 3 heterocycles. The number of hydrogen-bond donors (Lipinski definition) is 1. The quantitative estimate of drug-likeness (QED) is 0.743. The molecule has 7 nitrogen and oxygen atoms in total. The largest absolute Gasteiger partial charge is 0.454 e. The Bertz CT molecular complexity index is 817. The Morgan fingerprint density at radius 3 is 2.73 bits per heavy atom. The zero-order valence-electron chi connectivity index (χ0n) is 17.5. The monoisotopic (exact) mass is 413 g/mol. The van der Waals surface area contributed by atoms with Crippen LogP contribution in [0.4, 0.5) is 0 Å². The third-order valence-electron chi connectivity index (χ3n) is 7.02. The SMILES string of the molecule is O=C(NCC1(CN2CCCCC2)CC1)C1CCC(=O)N1Cc1ccc2c(c1)OCO2. The van der Waals surface area contributed by atoms with Crippen molar-refractivity contribution in [2.45, 2.75) is 57.5 Å². The second-order valence-corrected chi connectivity index (χ2v) is 9.32. The summed E-state index contributed by atoms with van der Waals surface area (Å²) in [6, 6.07) is 5.32. The van der Waals surface area contributed by atoms with Crippen LogP contribution in [0.25, 0.3) is 0 Å². The first kappa shape index (κ1) is 19.7. The summed E-state index contributed by atoms with van der Waals surface area (Å²) < 4.78 is 10.8. The fraction of sp³-hybridized carbons (Fsp3) is 0.652. The van der Waals surface area contributed by atoms with Gasteiger partial charge in [-0.05, 0) is 62.9 Å². The van der Waals surface area contributed by atoms with Crippen LogP contribution in [0.5, 0.6) is 11.5 Å². The number of nitrogens with one attached hydrogen (secondary N) is 1. The van der Waals surface area contributed by atoms with E-state index in [0.29, 0.717) is 25.1 Å². The minimum Gasteiger partial charge on any atom is -0.454 e. The van der Waals surface area contributed by atoms with Crippen LogP contribution in [0.3, 0.4) is 0 Å². The summed E-state index contributed by atoms with van der Waals surface area (Å²) in [6.45, 7) is 4.85. The van der Waals surface area contributed by atoms with E-state index in [4.69, 9.17) is 9.47 Å². The highest BCUT2D eigenvalue weighted by molar-refractivity contribution is 5.90. The molecule has 1 atom stereocenters. The van der Waals surface area contributed by atoms with E-state index in [9.17, 15) is 9.59 Å². The van der Waals surface area contributed by atoms with Gasteiger partial charge in [0.2, 0.25) is 18.6 Å². The third-order valence-corrected chi connectivity index (χ3v) is 7.02. The Balaban J connectivity index is 1.18. The first-order valence-corrected chi connectivity index (χ1v) is 11.3. The highest BCUT2D eigenvalue weighted by Gasteiger charge is 2.45. The molecule has 1 N–H and O–H groups in total. The van der Waals surface area contributed by atoms with E-state index in [1.165, 1.54) is 45.2 Å². The normalized spacial score (nSPS) is 24.9. The molecule has 1 aromatic rings. The molecule has 2 saturated heterocycles. The van der Waals surface area contributed by atoms with Crippen LogP contribution < -0.4 is 14.8 Å². The van der Waals surface area contributed by atoms with Gasteiger partial charge in [-0.25, -0.2) is 0 Å². The number of fused-ring (bicyclic) bond motifs is 1. The molecule has 3 fully saturated rings. The number of likely N-dealkylation sites (tertiary alicyclic amines) is 2. The highest BCUT2D eigenvalue weighted by atomic mass is 16.7. The molecule has 7 heteroatoms. The van der Waals surface area contributed by atoms with Gasteiger partial charge in [-0.2, -0.15) is 0 Å². The summed E-state index contributed by atoms with van der Waals surface area (Å²) in [7, 11) is 0. The summed E-state index contributed by atoms with van der Waals surface area (Å²) in [5, 5.41) is 3.19. The molecule has 3 aliphatic heterocycles. The number of ether oxygens (including phenoxy) is 2. The second kappa shape index (κ2) is 8.10. The Morgan fingerprint density at radius 2 is 1.93 bits per heavy atom. The minimum absolute atomic E-state index is 0.00786. The molecule has 1 aromatic carbocycles. The number of carbonyl (C=O) groups is 2. The molecular formula is C23H31N3O4. The third kappa shape index (κ3) is 4.13. The molecule has 0 spiro atoms. The van der Waals surface area contributed by atoms with Crippen LogP contribution >= 0.6 is 0 Å². The Labute approximate surface area is 177 Å². The van der Waals surface area contributed by atoms with Gasteiger partial charge in [-0.1, -0.05) is 12.5 Å². The molecular weight excluding hydrogens is 382 g/mol. The zero-order chi connectivity index (χ0) is 20.6. The van der Waals surface area contributed by atoms with Gasteiger partial charge in [0.1, 0.15) is 6.04 Å². The smallest absolute Gasteiger partial charge is 0.242 e. The van der Waals surface area contributed by atoms with Crippen LogP contribution in [0.15, 0.2) is 18.2 Å². The van der Waals surface area contributed by atoms with Gasteiger partial charge in [-0.15, -0.1) is 0 Å². The van der Waals surface area contributed by atoms with Gasteiger partial charge in [0, 0.05) is 31.5 Å². The number of piperidine rings is 1. The van der Waals surface area contributed by atoms with Crippen molar-refractivity contribution in [3.05, 3.63) is 23.8 Å². The molecule has 0 radical (unpaired) electrons. The fourth-order valence-corrected chi connectivity index (χ4v) is 4.99. The Kier molecular flexibility index (Phi) is 5.31. The molecule has 5 rings (SSSR count). The molecule has 1 aliphatic carbocycles. The van der Waals surface area contributed by atoms with Crippen LogP contribution in [0.1, 0.15) is 50.5 Å². The van der Waals surface area contributed by atoms with Crippen molar-refractivity contribution in [2.24, 2.45) is 5.41 Å². The molecule has 4 aliphatic rings. The summed E-state index contributed by atoms with van der Waals surface area (Å²) in [6.07, 6.45) is 7.33. The van der Waals surface area contributed by atoms with Crippen molar-refractivity contribution >= 4 is 11.8 Å². The van der Waals surface area contributed by atoms with Crippen molar-refractivity contribution in [2.75, 3.05) is 33.0 Å². The minimum atomic E-state index is -0.381. The number of amides is 2. The predicted molar refractivity (Wildman–Crippen MR) is 111 cm³/mol. The summed E-state index contributed by atoms with van der Waals surface area (Å²) in [5.41, 5.74) is 1.20. The predicted octanol–water partition coefficient (Wildman–Crippen LogP) is 2.29. The van der Waals surface area contributed by atoms with Gasteiger partial charge in [0.05, 0.1) is 0 Å². The maximum atomic E-state index is 13.0. The number of hydrogen-bond acceptors (Lipinski definition) is 5. The van der Waals surface area contributed by atoms with E-state index in [1.54, 1.807) is 4.90 Å². The van der Waals surface area contributed by atoms with Crippen LogP contribution in [0, 0.1) is 5.41 Å².